The minimum atomic E-state index is 0.263. The maximum atomic E-state index is 5.54. The van der Waals surface area contributed by atoms with Crippen molar-refractivity contribution in [3.63, 3.8) is 0 Å². The van der Waals surface area contributed by atoms with Crippen LogP contribution in [0.2, 0.25) is 0 Å². The molecule has 3 atom stereocenters. The zero-order chi connectivity index (χ0) is 12.8. The summed E-state index contributed by atoms with van der Waals surface area (Å²) in [6.45, 7) is 4.64. The molecule has 0 spiro atoms. The summed E-state index contributed by atoms with van der Waals surface area (Å²) in [4.78, 5) is 1.51. The molecule has 2 aliphatic rings. The van der Waals surface area contributed by atoms with E-state index in [0.717, 1.165) is 12.3 Å². The quantitative estimate of drug-likeness (QED) is 0.878. The highest BCUT2D eigenvalue weighted by Gasteiger charge is 2.50. The van der Waals surface area contributed by atoms with Crippen LogP contribution in [0, 0.1) is 11.3 Å². The van der Waals surface area contributed by atoms with Gasteiger partial charge in [0.05, 0.1) is 6.10 Å². The fourth-order valence-corrected chi connectivity index (χ4v) is 4.01. The molecule has 3 heteroatoms. The Bertz CT molecular complexity index is 397. The highest BCUT2D eigenvalue weighted by atomic mass is 32.1. The third-order valence-electron chi connectivity index (χ3n) is 4.79. The van der Waals surface area contributed by atoms with E-state index in [2.05, 4.69) is 36.7 Å². The summed E-state index contributed by atoms with van der Waals surface area (Å²) in [6, 6.07) is 5.61. The monoisotopic (exact) mass is 265 g/mol. The maximum absolute atomic E-state index is 5.54. The van der Waals surface area contributed by atoms with Crippen LogP contribution in [0.4, 0.5) is 0 Å². The number of rotatable bonds is 5. The summed E-state index contributed by atoms with van der Waals surface area (Å²) >= 11 is 1.89. The molecule has 0 radical (unpaired) electrons. The molecule has 0 aromatic carbocycles. The lowest BCUT2D eigenvalue weighted by Crippen LogP contribution is -2.61. The van der Waals surface area contributed by atoms with Gasteiger partial charge in [0.1, 0.15) is 0 Å². The third kappa shape index (κ3) is 2.13. The van der Waals surface area contributed by atoms with Crippen LogP contribution in [0.25, 0.3) is 0 Å². The van der Waals surface area contributed by atoms with Crippen molar-refractivity contribution < 1.29 is 4.74 Å². The van der Waals surface area contributed by atoms with Crippen LogP contribution >= 0.6 is 11.3 Å². The highest BCUT2D eigenvalue weighted by molar-refractivity contribution is 7.10. The van der Waals surface area contributed by atoms with Gasteiger partial charge in [0, 0.05) is 29.5 Å². The molecule has 2 fully saturated rings. The summed E-state index contributed by atoms with van der Waals surface area (Å²) in [5.41, 5.74) is 0.263. The van der Waals surface area contributed by atoms with E-state index in [4.69, 9.17) is 4.74 Å². The van der Waals surface area contributed by atoms with Gasteiger partial charge in [0.2, 0.25) is 0 Å². The molecule has 1 heterocycles. The van der Waals surface area contributed by atoms with Crippen LogP contribution < -0.4 is 5.32 Å². The van der Waals surface area contributed by atoms with Gasteiger partial charge in [-0.3, -0.25) is 0 Å². The average Bonchev–Trinajstić information content (AvgIpc) is 3.03. The van der Waals surface area contributed by atoms with Gasteiger partial charge < -0.3 is 10.1 Å². The molecule has 0 saturated heterocycles. The maximum Gasteiger partial charge on any atom is 0.0652 e. The summed E-state index contributed by atoms with van der Waals surface area (Å²) in [5.74, 6) is 0.862. The molecule has 1 N–H and O–H groups in total. The lowest BCUT2D eigenvalue weighted by atomic mass is 9.64. The molecular weight excluding hydrogens is 242 g/mol. The number of methoxy groups -OCH3 is 1. The molecule has 0 amide bonds. The SMILES string of the molecule is COC1CC(NC(c2cccs2)C2CC2)C1(C)C. The van der Waals surface area contributed by atoms with Crippen molar-refractivity contribution in [1.82, 2.24) is 5.32 Å². The van der Waals surface area contributed by atoms with Crippen LogP contribution in [0.15, 0.2) is 17.5 Å². The van der Waals surface area contributed by atoms with Crippen LogP contribution in [-0.2, 0) is 4.74 Å². The van der Waals surface area contributed by atoms with E-state index in [1.807, 2.05) is 18.4 Å². The van der Waals surface area contributed by atoms with Gasteiger partial charge in [0.15, 0.2) is 0 Å². The van der Waals surface area contributed by atoms with Gasteiger partial charge in [-0.2, -0.15) is 0 Å². The second kappa shape index (κ2) is 4.62. The fraction of sp³-hybridized carbons (Fsp3) is 0.733. The van der Waals surface area contributed by atoms with Crippen molar-refractivity contribution in [3.05, 3.63) is 22.4 Å². The van der Waals surface area contributed by atoms with Crippen molar-refractivity contribution in [1.29, 1.82) is 0 Å². The van der Waals surface area contributed by atoms with E-state index in [-0.39, 0.29) is 5.41 Å². The standard InChI is InChI=1S/C15H23NOS/c1-15(2)12(9-13(15)17-3)16-14(10-6-7-10)11-5-4-8-18-11/h4-5,8,10,12-14,16H,6-7,9H2,1-3H3. The van der Waals surface area contributed by atoms with Crippen LogP contribution in [0.1, 0.15) is 44.0 Å². The first kappa shape index (κ1) is 12.6. The predicted molar refractivity (Wildman–Crippen MR) is 75.9 cm³/mol. The molecule has 100 valence electrons. The van der Waals surface area contributed by atoms with Crippen LogP contribution in [0.3, 0.4) is 0 Å². The molecule has 1 aromatic rings. The van der Waals surface area contributed by atoms with Crippen molar-refractivity contribution in [2.45, 2.75) is 51.3 Å². The zero-order valence-corrected chi connectivity index (χ0v) is 12.3. The lowest BCUT2D eigenvalue weighted by molar-refractivity contribution is -0.101. The van der Waals surface area contributed by atoms with Gasteiger partial charge in [-0.25, -0.2) is 0 Å². The Morgan fingerprint density at radius 2 is 2.22 bits per heavy atom. The Hall–Kier alpha value is -0.380. The van der Waals surface area contributed by atoms with Crippen molar-refractivity contribution in [3.8, 4) is 0 Å². The Morgan fingerprint density at radius 3 is 2.72 bits per heavy atom. The van der Waals surface area contributed by atoms with Crippen LogP contribution in [0.5, 0.6) is 0 Å². The fourth-order valence-electron chi connectivity index (χ4n) is 3.13. The molecule has 2 aliphatic carbocycles. The molecular formula is C15H23NOS. The largest absolute Gasteiger partial charge is 0.381 e. The van der Waals surface area contributed by atoms with Gasteiger partial charge >= 0.3 is 0 Å². The Labute approximate surface area is 114 Å². The summed E-state index contributed by atoms with van der Waals surface area (Å²) in [5, 5.41) is 6.09. The molecule has 3 unspecified atom stereocenters. The van der Waals surface area contributed by atoms with Crippen molar-refractivity contribution in [2.75, 3.05) is 7.11 Å². The number of hydrogen-bond acceptors (Lipinski definition) is 3. The second-order valence-corrected chi connectivity index (χ2v) is 7.31. The van der Waals surface area contributed by atoms with E-state index in [9.17, 15) is 0 Å². The minimum Gasteiger partial charge on any atom is -0.381 e. The Kier molecular flexibility index (Phi) is 3.25. The molecule has 0 aliphatic heterocycles. The van der Waals surface area contributed by atoms with Gasteiger partial charge in [-0.1, -0.05) is 19.9 Å². The van der Waals surface area contributed by atoms with Gasteiger partial charge in [0.25, 0.3) is 0 Å². The summed E-state index contributed by atoms with van der Waals surface area (Å²) in [6.07, 6.45) is 4.34. The first-order valence-corrected chi connectivity index (χ1v) is 7.83. The summed E-state index contributed by atoms with van der Waals surface area (Å²) in [7, 11) is 1.83. The van der Waals surface area contributed by atoms with Gasteiger partial charge in [-0.05, 0) is 36.6 Å². The molecule has 1 aromatic heterocycles. The summed E-state index contributed by atoms with van der Waals surface area (Å²) < 4.78 is 5.54. The number of nitrogens with one attached hydrogen (secondary N) is 1. The minimum absolute atomic E-state index is 0.263. The second-order valence-electron chi connectivity index (χ2n) is 6.33. The lowest BCUT2D eigenvalue weighted by Gasteiger charge is -2.52. The smallest absolute Gasteiger partial charge is 0.0652 e. The molecule has 18 heavy (non-hydrogen) atoms. The van der Waals surface area contributed by atoms with Crippen molar-refractivity contribution in [2.24, 2.45) is 11.3 Å². The molecule has 3 rings (SSSR count). The first-order chi connectivity index (χ1) is 8.63. The molecule has 2 nitrogen and oxygen atoms in total. The van der Waals surface area contributed by atoms with E-state index < -0.39 is 0 Å². The first-order valence-electron chi connectivity index (χ1n) is 6.95. The topological polar surface area (TPSA) is 21.3 Å². The average molecular weight is 265 g/mol. The van der Waals surface area contributed by atoms with E-state index >= 15 is 0 Å². The van der Waals surface area contributed by atoms with E-state index in [0.29, 0.717) is 18.2 Å². The third-order valence-corrected chi connectivity index (χ3v) is 5.74. The Balaban J connectivity index is 1.68. The van der Waals surface area contributed by atoms with E-state index in [1.165, 1.54) is 17.7 Å². The van der Waals surface area contributed by atoms with E-state index in [1.54, 1.807) is 0 Å². The number of thiophene rings is 1. The predicted octanol–water partition coefficient (Wildman–Crippen LogP) is 3.60. The Morgan fingerprint density at radius 1 is 1.44 bits per heavy atom. The zero-order valence-electron chi connectivity index (χ0n) is 11.5. The molecule has 2 saturated carbocycles. The van der Waals surface area contributed by atoms with Gasteiger partial charge in [-0.15, -0.1) is 11.3 Å². The number of hydrogen-bond donors (Lipinski definition) is 1. The number of ether oxygens (including phenoxy) is 1. The van der Waals surface area contributed by atoms with Crippen LogP contribution in [-0.4, -0.2) is 19.3 Å². The highest BCUT2D eigenvalue weighted by Crippen LogP contribution is 2.47. The normalized spacial score (nSPS) is 31.9. The molecule has 0 bridgehead atoms. The van der Waals surface area contributed by atoms with Crippen molar-refractivity contribution >= 4 is 11.3 Å².